The Labute approximate surface area is 110 Å². The van der Waals surface area contributed by atoms with Gasteiger partial charge in [-0.3, -0.25) is 4.90 Å². The molecule has 1 atom stereocenters. The van der Waals surface area contributed by atoms with Gasteiger partial charge in [-0.05, 0) is 12.8 Å². The maximum Gasteiger partial charge on any atom is 0.400 e. The van der Waals surface area contributed by atoms with Crippen LogP contribution in [0.15, 0.2) is 5.16 Å². The van der Waals surface area contributed by atoms with Gasteiger partial charge in [0.25, 0.3) is 0 Å². The van der Waals surface area contributed by atoms with E-state index in [-0.39, 0.29) is 19.2 Å². The number of alkyl halides is 3. The van der Waals surface area contributed by atoms with Crippen LogP contribution in [0.2, 0.25) is 0 Å². The minimum absolute atomic E-state index is 0.0801. The molecule has 0 aromatic heterocycles. The average molecular weight is 285 g/mol. The van der Waals surface area contributed by atoms with Gasteiger partial charge in [0, 0.05) is 19.1 Å². The quantitative estimate of drug-likeness (QED) is 0.272. The molecule has 1 unspecified atom stereocenters. The largest absolute Gasteiger partial charge is 0.409 e. The number of nitrogens with zero attached hydrogens (tertiary/aromatic N) is 2. The van der Waals surface area contributed by atoms with Crippen LogP contribution in [0.4, 0.5) is 13.2 Å². The Bertz CT molecular complexity index is 281. The van der Waals surface area contributed by atoms with Crippen molar-refractivity contribution >= 4 is 5.84 Å². The molecule has 0 aliphatic carbocycles. The molecular weight excluding hydrogens is 263 g/mol. The summed E-state index contributed by atoms with van der Waals surface area (Å²) in [6, 6.07) is -0.0801. The zero-order chi connectivity index (χ0) is 15.1. The van der Waals surface area contributed by atoms with Crippen molar-refractivity contribution in [1.29, 1.82) is 0 Å². The van der Waals surface area contributed by atoms with Crippen LogP contribution in [0.3, 0.4) is 0 Å². The van der Waals surface area contributed by atoms with Crippen molar-refractivity contribution in [3.63, 3.8) is 0 Å². The number of rotatable bonds is 8. The Morgan fingerprint density at radius 1 is 1.32 bits per heavy atom. The second-order valence-corrected chi connectivity index (χ2v) is 4.31. The minimum Gasteiger partial charge on any atom is -0.409 e. The highest BCUT2D eigenvalue weighted by Gasteiger charge is 2.44. The van der Waals surface area contributed by atoms with E-state index in [1.54, 1.807) is 0 Å². The third kappa shape index (κ3) is 5.65. The van der Waals surface area contributed by atoms with Gasteiger partial charge in [-0.2, -0.15) is 13.2 Å². The smallest absolute Gasteiger partial charge is 0.400 e. The molecule has 0 rings (SSSR count). The second kappa shape index (κ2) is 8.21. The summed E-state index contributed by atoms with van der Waals surface area (Å²) in [5.41, 5.74) is 5.12. The van der Waals surface area contributed by atoms with Gasteiger partial charge in [0.05, 0.1) is 6.61 Å². The van der Waals surface area contributed by atoms with Gasteiger partial charge in [0.2, 0.25) is 0 Å². The van der Waals surface area contributed by atoms with Crippen LogP contribution >= 0.6 is 0 Å². The molecule has 0 aromatic carbocycles. The number of halogens is 3. The fourth-order valence-corrected chi connectivity index (χ4v) is 2.03. The summed E-state index contributed by atoms with van der Waals surface area (Å²) in [5.74, 6) is -2.90. The first kappa shape index (κ1) is 18.0. The molecule has 0 spiro atoms. The van der Waals surface area contributed by atoms with Crippen LogP contribution in [-0.4, -0.2) is 53.0 Å². The fraction of sp³-hybridized carbons (Fsp3) is 0.909. The van der Waals surface area contributed by atoms with Gasteiger partial charge in [0.1, 0.15) is 5.92 Å². The van der Waals surface area contributed by atoms with E-state index in [1.165, 1.54) is 4.90 Å². The minimum atomic E-state index is -4.59. The summed E-state index contributed by atoms with van der Waals surface area (Å²) in [6.07, 6.45) is -3.26. The van der Waals surface area contributed by atoms with Crippen LogP contribution in [0.1, 0.15) is 26.7 Å². The zero-order valence-corrected chi connectivity index (χ0v) is 11.2. The van der Waals surface area contributed by atoms with Crippen molar-refractivity contribution in [2.45, 2.75) is 38.9 Å². The van der Waals surface area contributed by atoms with Gasteiger partial charge in [-0.15, -0.1) is 0 Å². The van der Waals surface area contributed by atoms with Crippen LogP contribution in [0.25, 0.3) is 0 Å². The topological polar surface area (TPSA) is 82.1 Å². The van der Waals surface area contributed by atoms with E-state index >= 15 is 0 Å². The molecule has 19 heavy (non-hydrogen) atoms. The Morgan fingerprint density at radius 3 is 2.16 bits per heavy atom. The lowest BCUT2D eigenvalue weighted by atomic mass is 10.0. The lowest BCUT2D eigenvalue weighted by molar-refractivity contribution is -0.162. The lowest BCUT2D eigenvalue weighted by Gasteiger charge is -2.33. The Morgan fingerprint density at radius 2 is 1.84 bits per heavy atom. The van der Waals surface area contributed by atoms with E-state index in [0.717, 1.165) is 0 Å². The highest BCUT2D eigenvalue weighted by molar-refractivity contribution is 5.83. The highest BCUT2D eigenvalue weighted by atomic mass is 19.4. The number of aliphatic hydroxyl groups is 1. The first-order chi connectivity index (χ1) is 8.81. The normalized spacial score (nSPS) is 15.3. The number of aliphatic hydroxyl groups excluding tert-OH is 1. The van der Waals surface area contributed by atoms with Gasteiger partial charge in [-0.1, -0.05) is 19.0 Å². The molecule has 8 heteroatoms. The molecule has 0 aliphatic heterocycles. The summed E-state index contributed by atoms with van der Waals surface area (Å²) in [5, 5.41) is 19.9. The number of amidine groups is 1. The predicted molar refractivity (Wildman–Crippen MR) is 66.0 cm³/mol. The zero-order valence-electron chi connectivity index (χ0n) is 11.2. The standard InChI is InChI=1S/C11H22F3N3O2/c1-3-8(4-2)17(5-6-18)7-9(10(15)16-19)11(12,13)14/h8-9,18-19H,3-7H2,1-2H3,(H2,15,16). The van der Waals surface area contributed by atoms with Gasteiger partial charge in [-0.25, -0.2) is 0 Å². The summed E-state index contributed by atoms with van der Waals surface area (Å²) in [7, 11) is 0. The Hall–Kier alpha value is -1.02. The van der Waals surface area contributed by atoms with E-state index < -0.39 is 24.5 Å². The Kier molecular flexibility index (Phi) is 7.77. The molecule has 0 aromatic rings. The molecule has 114 valence electrons. The average Bonchev–Trinajstić information content (AvgIpc) is 2.34. The molecule has 5 nitrogen and oxygen atoms in total. The number of hydrogen-bond donors (Lipinski definition) is 3. The molecule has 0 radical (unpaired) electrons. The second-order valence-electron chi connectivity index (χ2n) is 4.31. The predicted octanol–water partition coefficient (Wildman–Crippen LogP) is 1.39. The van der Waals surface area contributed by atoms with Crippen molar-refractivity contribution in [2.75, 3.05) is 19.7 Å². The third-order valence-corrected chi connectivity index (χ3v) is 3.13. The molecule has 4 N–H and O–H groups in total. The maximum atomic E-state index is 12.9. The van der Waals surface area contributed by atoms with Gasteiger partial charge in [0.15, 0.2) is 5.84 Å². The molecule has 0 fully saturated rings. The summed E-state index contributed by atoms with van der Waals surface area (Å²) < 4.78 is 38.6. The van der Waals surface area contributed by atoms with Gasteiger partial charge < -0.3 is 16.0 Å². The molecule has 0 amide bonds. The summed E-state index contributed by atoms with van der Waals surface area (Å²) in [6.45, 7) is 3.19. The van der Waals surface area contributed by atoms with Crippen LogP contribution in [-0.2, 0) is 0 Å². The highest BCUT2D eigenvalue weighted by Crippen LogP contribution is 2.28. The fourth-order valence-electron chi connectivity index (χ4n) is 2.03. The van der Waals surface area contributed by atoms with Crippen molar-refractivity contribution in [3.05, 3.63) is 0 Å². The molecule has 0 aliphatic rings. The first-order valence-electron chi connectivity index (χ1n) is 6.20. The van der Waals surface area contributed by atoms with Crippen LogP contribution in [0, 0.1) is 5.92 Å². The van der Waals surface area contributed by atoms with Crippen LogP contribution < -0.4 is 5.73 Å². The molecule has 0 saturated heterocycles. The third-order valence-electron chi connectivity index (χ3n) is 3.13. The molecule has 0 heterocycles. The molecule has 0 bridgehead atoms. The van der Waals surface area contributed by atoms with Crippen LogP contribution in [0.5, 0.6) is 0 Å². The number of hydrogen-bond acceptors (Lipinski definition) is 4. The lowest BCUT2D eigenvalue weighted by Crippen LogP contribution is -2.48. The molecule has 0 saturated carbocycles. The van der Waals surface area contributed by atoms with E-state index in [2.05, 4.69) is 5.16 Å². The van der Waals surface area contributed by atoms with E-state index in [0.29, 0.717) is 12.8 Å². The molecular formula is C11H22F3N3O2. The van der Waals surface area contributed by atoms with E-state index in [1.807, 2.05) is 13.8 Å². The number of oxime groups is 1. The Balaban J connectivity index is 5.04. The maximum absolute atomic E-state index is 12.9. The van der Waals surface area contributed by atoms with Gasteiger partial charge >= 0.3 is 6.18 Å². The SMILES string of the molecule is CCC(CC)N(CCO)CC(C(N)=NO)C(F)(F)F. The first-order valence-corrected chi connectivity index (χ1v) is 6.20. The number of nitrogens with two attached hydrogens (primary N) is 1. The van der Waals surface area contributed by atoms with Crippen molar-refractivity contribution in [1.82, 2.24) is 4.90 Å². The van der Waals surface area contributed by atoms with Crippen molar-refractivity contribution < 1.29 is 23.5 Å². The summed E-state index contributed by atoms with van der Waals surface area (Å²) >= 11 is 0. The van der Waals surface area contributed by atoms with E-state index in [9.17, 15) is 13.2 Å². The van der Waals surface area contributed by atoms with Crippen molar-refractivity contribution in [2.24, 2.45) is 16.8 Å². The summed E-state index contributed by atoms with van der Waals surface area (Å²) in [4.78, 5) is 1.52. The van der Waals surface area contributed by atoms with E-state index in [4.69, 9.17) is 16.0 Å². The van der Waals surface area contributed by atoms with Crippen molar-refractivity contribution in [3.8, 4) is 0 Å². The monoisotopic (exact) mass is 285 g/mol.